The van der Waals surface area contributed by atoms with Crippen LogP contribution in [0.1, 0.15) is 72.1 Å². The molecular weight excluding hydrogens is 259 g/mol. The summed E-state index contributed by atoms with van der Waals surface area (Å²) in [7, 11) is 0. The predicted molar refractivity (Wildman–Crippen MR) is 84.7 cm³/mol. The van der Waals surface area contributed by atoms with Crippen molar-refractivity contribution >= 4 is 0 Å². The molecule has 0 radical (unpaired) electrons. The first-order valence-corrected chi connectivity index (χ1v) is 9.05. The minimum Gasteiger partial charge on any atom is -0.243 e. The van der Waals surface area contributed by atoms with E-state index in [4.69, 9.17) is 0 Å². The van der Waals surface area contributed by atoms with Crippen LogP contribution in [0.2, 0.25) is 0 Å². The monoisotopic (exact) mass is 288 g/mol. The molecule has 4 aliphatic rings. The van der Waals surface area contributed by atoms with Gasteiger partial charge in [0.2, 0.25) is 0 Å². The fraction of sp³-hybridized carbons (Fsp3) is 0.850. The summed E-state index contributed by atoms with van der Waals surface area (Å²) in [6.07, 6.45) is 10.8. The third-order valence-corrected chi connectivity index (χ3v) is 8.34. The van der Waals surface area contributed by atoms with Gasteiger partial charge in [-0.3, -0.25) is 0 Å². The van der Waals surface area contributed by atoms with Gasteiger partial charge in [-0.15, -0.1) is 5.73 Å². The van der Waals surface area contributed by atoms with E-state index in [0.717, 1.165) is 44.4 Å². The molecule has 6 atom stereocenters. The lowest BCUT2D eigenvalue weighted by Gasteiger charge is -2.60. The second-order valence-electron chi connectivity index (χ2n) is 8.80. The van der Waals surface area contributed by atoms with Crippen molar-refractivity contribution in [2.24, 2.45) is 28.6 Å². The molecular formula is C20H29F. The number of hydrogen-bond donors (Lipinski definition) is 0. The maximum absolute atomic E-state index is 16.4. The molecule has 21 heavy (non-hydrogen) atoms. The number of alkyl halides is 1. The Hall–Kier alpha value is -0.550. The minimum atomic E-state index is -0.962. The average Bonchev–Trinajstić information content (AvgIpc) is 2.76. The normalized spacial score (nSPS) is 55.4. The van der Waals surface area contributed by atoms with E-state index < -0.39 is 5.67 Å². The van der Waals surface area contributed by atoms with Crippen LogP contribution in [0.4, 0.5) is 4.39 Å². The van der Waals surface area contributed by atoms with Crippen molar-refractivity contribution in [2.75, 3.05) is 0 Å². The first kappa shape index (κ1) is 14.1. The molecule has 0 aromatic heterocycles. The van der Waals surface area contributed by atoms with Gasteiger partial charge in [-0.25, -0.2) is 4.39 Å². The Labute approximate surface area is 128 Å². The molecule has 0 aliphatic heterocycles. The molecule has 4 aliphatic carbocycles. The number of hydrogen-bond acceptors (Lipinski definition) is 0. The van der Waals surface area contributed by atoms with Crippen LogP contribution in [0.5, 0.6) is 0 Å². The highest BCUT2D eigenvalue weighted by Crippen LogP contribution is 2.69. The van der Waals surface area contributed by atoms with E-state index >= 15 is 4.39 Å². The van der Waals surface area contributed by atoms with Crippen molar-refractivity contribution in [3.8, 4) is 0 Å². The Kier molecular flexibility index (Phi) is 2.85. The SMILES string of the molecule is C[C@@H]1CC[C@H]2[C@@H]3CCC4=C=CCC[C@]4(C)[C@@]3(F)CC[C@]12C. The fourth-order valence-corrected chi connectivity index (χ4v) is 6.59. The zero-order valence-corrected chi connectivity index (χ0v) is 13.8. The van der Waals surface area contributed by atoms with Gasteiger partial charge in [0.1, 0.15) is 5.67 Å². The van der Waals surface area contributed by atoms with Crippen LogP contribution in [0.3, 0.4) is 0 Å². The smallest absolute Gasteiger partial charge is 0.123 e. The molecule has 4 rings (SSSR count). The Morgan fingerprint density at radius 2 is 1.90 bits per heavy atom. The second-order valence-corrected chi connectivity index (χ2v) is 8.80. The van der Waals surface area contributed by atoms with Crippen molar-refractivity contribution in [3.63, 3.8) is 0 Å². The van der Waals surface area contributed by atoms with Crippen LogP contribution in [-0.2, 0) is 0 Å². The zero-order valence-electron chi connectivity index (χ0n) is 13.8. The van der Waals surface area contributed by atoms with E-state index in [0.29, 0.717) is 17.3 Å². The molecule has 116 valence electrons. The highest BCUT2D eigenvalue weighted by atomic mass is 19.1. The molecule has 0 N–H and O–H groups in total. The summed E-state index contributed by atoms with van der Waals surface area (Å²) >= 11 is 0. The number of allylic oxidation sites excluding steroid dienone is 1. The molecule has 0 aromatic rings. The second kappa shape index (κ2) is 4.25. The predicted octanol–water partition coefficient (Wildman–Crippen LogP) is 5.83. The van der Waals surface area contributed by atoms with Gasteiger partial charge in [-0.05, 0) is 86.2 Å². The Morgan fingerprint density at radius 1 is 1.10 bits per heavy atom. The third-order valence-electron chi connectivity index (χ3n) is 8.34. The lowest BCUT2D eigenvalue weighted by molar-refractivity contribution is -0.141. The van der Waals surface area contributed by atoms with Gasteiger partial charge in [-0.2, -0.15) is 0 Å². The maximum atomic E-state index is 16.4. The number of halogens is 1. The highest BCUT2D eigenvalue weighted by molar-refractivity contribution is 5.29. The van der Waals surface area contributed by atoms with Gasteiger partial charge in [0.25, 0.3) is 0 Å². The first-order chi connectivity index (χ1) is 9.92. The van der Waals surface area contributed by atoms with Crippen LogP contribution < -0.4 is 0 Å². The molecule has 3 saturated carbocycles. The largest absolute Gasteiger partial charge is 0.243 e. The fourth-order valence-electron chi connectivity index (χ4n) is 6.59. The van der Waals surface area contributed by atoms with Gasteiger partial charge in [0.05, 0.1) is 0 Å². The van der Waals surface area contributed by atoms with Gasteiger partial charge in [0, 0.05) is 5.41 Å². The molecule has 0 spiro atoms. The van der Waals surface area contributed by atoms with Gasteiger partial charge < -0.3 is 0 Å². The molecule has 0 unspecified atom stereocenters. The summed E-state index contributed by atoms with van der Waals surface area (Å²) in [6.45, 7) is 7.09. The molecule has 0 nitrogen and oxygen atoms in total. The topological polar surface area (TPSA) is 0 Å². The summed E-state index contributed by atoms with van der Waals surface area (Å²) < 4.78 is 16.4. The quantitative estimate of drug-likeness (QED) is 0.492. The first-order valence-electron chi connectivity index (χ1n) is 9.05. The van der Waals surface area contributed by atoms with Crippen LogP contribution in [0.25, 0.3) is 0 Å². The van der Waals surface area contributed by atoms with E-state index in [2.05, 4.69) is 32.6 Å². The van der Waals surface area contributed by atoms with Crippen molar-refractivity contribution in [2.45, 2.75) is 77.8 Å². The highest BCUT2D eigenvalue weighted by Gasteiger charge is 2.66. The summed E-state index contributed by atoms with van der Waals surface area (Å²) in [6, 6.07) is 0. The summed E-state index contributed by atoms with van der Waals surface area (Å²) in [4.78, 5) is 0. The van der Waals surface area contributed by atoms with E-state index in [-0.39, 0.29) is 5.41 Å². The van der Waals surface area contributed by atoms with Crippen molar-refractivity contribution in [1.82, 2.24) is 0 Å². The molecule has 0 aromatic carbocycles. The van der Waals surface area contributed by atoms with Gasteiger partial charge in [-0.1, -0.05) is 20.8 Å². The molecule has 0 saturated heterocycles. The summed E-state index contributed by atoms with van der Waals surface area (Å²) in [5, 5.41) is 0. The van der Waals surface area contributed by atoms with Crippen molar-refractivity contribution in [3.05, 3.63) is 17.4 Å². The maximum Gasteiger partial charge on any atom is 0.123 e. The third kappa shape index (κ3) is 1.57. The van der Waals surface area contributed by atoms with E-state index in [1.807, 2.05) is 0 Å². The summed E-state index contributed by atoms with van der Waals surface area (Å²) in [5.74, 6) is 1.70. The summed E-state index contributed by atoms with van der Waals surface area (Å²) in [5.41, 5.74) is 3.96. The lowest BCUT2D eigenvalue weighted by Crippen LogP contribution is -2.60. The molecule has 0 amide bonds. The Bertz CT molecular complexity index is 528. The van der Waals surface area contributed by atoms with Crippen molar-refractivity contribution in [1.29, 1.82) is 0 Å². The standard InChI is InChI=1S/C20H29F/c1-14-7-9-16-17-10-8-15-6-4-5-11-19(15,3)20(17,21)13-12-18(14,16)2/h4,14,16-17H,5,7-13H2,1-3H3/t14-,16+,17+,18-,19+,20-/m1/s1. The number of rotatable bonds is 0. The van der Waals surface area contributed by atoms with Crippen LogP contribution in [0, 0.1) is 28.6 Å². The lowest BCUT2D eigenvalue weighted by atomic mass is 9.46. The van der Waals surface area contributed by atoms with Gasteiger partial charge in [0.15, 0.2) is 0 Å². The van der Waals surface area contributed by atoms with E-state index in [9.17, 15) is 0 Å². The molecule has 3 fully saturated rings. The molecule has 0 bridgehead atoms. The Balaban J connectivity index is 1.78. The van der Waals surface area contributed by atoms with Crippen LogP contribution in [0.15, 0.2) is 17.4 Å². The zero-order chi connectivity index (χ0) is 14.9. The van der Waals surface area contributed by atoms with Crippen molar-refractivity contribution < 1.29 is 4.39 Å². The molecule has 1 heteroatoms. The van der Waals surface area contributed by atoms with Crippen LogP contribution in [-0.4, -0.2) is 5.67 Å². The minimum absolute atomic E-state index is 0.224. The van der Waals surface area contributed by atoms with Crippen LogP contribution >= 0.6 is 0 Å². The molecule has 0 heterocycles. The van der Waals surface area contributed by atoms with Gasteiger partial charge >= 0.3 is 0 Å². The Morgan fingerprint density at radius 3 is 2.71 bits per heavy atom. The van der Waals surface area contributed by atoms with E-state index in [1.165, 1.54) is 18.4 Å². The average molecular weight is 288 g/mol. The number of fused-ring (bicyclic) bond motifs is 5. The van der Waals surface area contributed by atoms with E-state index in [1.54, 1.807) is 0 Å².